The number of carbonyl (C=O) groups excluding carboxylic acids is 1. The Hall–Kier alpha value is -1.51. The zero-order chi connectivity index (χ0) is 16.7. The lowest BCUT2D eigenvalue weighted by atomic mass is 9.47. The molecule has 0 saturated heterocycles. The molecule has 0 radical (unpaired) electrons. The number of hydrogen-bond acceptors (Lipinski definition) is 3. The molecular weight excluding hydrogens is 298 g/mol. The Morgan fingerprint density at radius 3 is 2.17 bits per heavy atom. The Bertz CT molecular complexity index is 562. The summed E-state index contributed by atoms with van der Waals surface area (Å²) in [6, 6.07) is 10.2. The first-order valence-corrected chi connectivity index (χ1v) is 9.56. The molecule has 1 aromatic carbocycles. The topological polar surface area (TPSA) is 29.5 Å². The highest BCUT2D eigenvalue weighted by atomic mass is 16.5. The van der Waals surface area contributed by atoms with Crippen molar-refractivity contribution < 1.29 is 9.53 Å². The Balaban J connectivity index is 1.69. The van der Waals surface area contributed by atoms with Crippen LogP contribution in [0.1, 0.15) is 45.4 Å². The molecule has 0 N–H and O–H groups in total. The average Bonchev–Trinajstić information content (AvgIpc) is 2.54. The van der Waals surface area contributed by atoms with Crippen molar-refractivity contribution in [3.63, 3.8) is 0 Å². The highest BCUT2D eigenvalue weighted by Gasteiger charge is 2.57. The summed E-state index contributed by atoms with van der Waals surface area (Å²) in [5.41, 5.74) is 1.23. The van der Waals surface area contributed by atoms with Gasteiger partial charge in [0.2, 0.25) is 0 Å². The second-order valence-electron chi connectivity index (χ2n) is 8.38. The number of carbonyl (C=O) groups is 1. The van der Waals surface area contributed by atoms with Crippen LogP contribution in [-0.4, -0.2) is 25.7 Å². The molecule has 1 unspecified atom stereocenters. The van der Waals surface area contributed by atoms with E-state index in [1.165, 1.54) is 38.5 Å². The minimum atomic E-state index is -0.145. The van der Waals surface area contributed by atoms with E-state index in [1.807, 2.05) is 25.1 Å². The van der Waals surface area contributed by atoms with Crippen LogP contribution < -0.4 is 4.90 Å². The molecule has 0 amide bonds. The molecule has 0 heterocycles. The molecule has 3 heteroatoms. The summed E-state index contributed by atoms with van der Waals surface area (Å²) in [6.07, 6.45) is 7.80. The van der Waals surface area contributed by atoms with Gasteiger partial charge in [0.15, 0.2) is 0 Å². The summed E-state index contributed by atoms with van der Waals surface area (Å²) in [4.78, 5) is 15.2. The fourth-order valence-electron chi connectivity index (χ4n) is 6.36. The van der Waals surface area contributed by atoms with Gasteiger partial charge in [-0.15, -0.1) is 0 Å². The van der Waals surface area contributed by atoms with Gasteiger partial charge in [-0.2, -0.15) is 0 Å². The Labute approximate surface area is 145 Å². The number of benzene rings is 1. The van der Waals surface area contributed by atoms with Gasteiger partial charge in [0, 0.05) is 18.2 Å². The van der Waals surface area contributed by atoms with Crippen LogP contribution in [0.5, 0.6) is 0 Å². The third-order valence-corrected chi connectivity index (χ3v) is 6.73. The lowest BCUT2D eigenvalue weighted by molar-refractivity contribution is -0.155. The second kappa shape index (κ2) is 6.09. The predicted molar refractivity (Wildman–Crippen MR) is 95.9 cm³/mol. The maximum atomic E-state index is 13.0. The van der Waals surface area contributed by atoms with Crippen LogP contribution in [0.4, 0.5) is 5.69 Å². The first kappa shape index (κ1) is 16.0. The van der Waals surface area contributed by atoms with Crippen molar-refractivity contribution in [2.75, 3.05) is 18.6 Å². The summed E-state index contributed by atoms with van der Waals surface area (Å²) in [7, 11) is 2.08. The van der Waals surface area contributed by atoms with Gasteiger partial charge in [-0.3, -0.25) is 0 Å². The van der Waals surface area contributed by atoms with Crippen LogP contribution in [0.15, 0.2) is 30.3 Å². The van der Waals surface area contributed by atoms with Crippen LogP contribution in [0, 0.1) is 23.2 Å². The van der Waals surface area contributed by atoms with Crippen molar-refractivity contribution in [2.45, 2.75) is 51.5 Å². The monoisotopic (exact) mass is 327 g/mol. The van der Waals surface area contributed by atoms with Crippen LogP contribution in [-0.2, 0) is 9.53 Å². The van der Waals surface area contributed by atoms with E-state index in [2.05, 4.69) is 24.1 Å². The van der Waals surface area contributed by atoms with Crippen molar-refractivity contribution in [3.8, 4) is 0 Å². The van der Waals surface area contributed by atoms with E-state index in [0.29, 0.717) is 6.61 Å². The highest BCUT2D eigenvalue weighted by molar-refractivity contribution is 5.81. The standard InChI is InChI=1S/C21H29NO2/c1-3-24-20(23)19(22(2)18-7-5-4-6-8-18)21-12-15-9-16(13-21)11-17(10-15)14-21/h4-8,15-17,19H,3,9-14H2,1-2H3. The van der Waals surface area contributed by atoms with Crippen molar-refractivity contribution in [1.82, 2.24) is 0 Å². The summed E-state index contributed by atoms with van der Waals surface area (Å²) in [5.74, 6) is 2.47. The lowest BCUT2D eigenvalue weighted by Crippen LogP contribution is -2.59. The number of ether oxygens (including phenoxy) is 1. The second-order valence-corrected chi connectivity index (χ2v) is 8.38. The SMILES string of the molecule is CCOC(=O)C(N(C)c1ccccc1)C12CC3CC(CC(C3)C1)C2. The lowest BCUT2D eigenvalue weighted by Gasteiger charge is -2.60. The first-order chi connectivity index (χ1) is 11.6. The van der Waals surface area contributed by atoms with E-state index in [-0.39, 0.29) is 17.4 Å². The van der Waals surface area contributed by atoms with Gasteiger partial charge < -0.3 is 9.64 Å². The Morgan fingerprint density at radius 2 is 1.67 bits per heavy atom. The quantitative estimate of drug-likeness (QED) is 0.756. The molecule has 1 aromatic rings. The van der Waals surface area contributed by atoms with Gasteiger partial charge >= 0.3 is 5.97 Å². The number of likely N-dealkylation sites (N-methyl/N-ethyl adjacent to an activating group) is 1. The number of hydrogen-bond donors (Lipinski definition) is 0. The molecule has 0 aliphatic heterocycles. The van der Waals surface area contributed by atoms with E-state index >= 15 is 0 Å². The molecule has 0 spiro atoms. The minimum Gasteiger partial charge on any atom is -0.464 e. The van der Waals surface area contributed by atoms with E-state index in [1.54, 1.807) is 0 Å². The van der Waals surface area contributed by atoms with E-state index < -0.39 is 0 Å². The van der Waals surface area contributed by atoms with Gasteiger partial charge in [0.25, 0.3) is 0 Å². The molecule has 4 fully saturated rings. The number of para-hydroxylation sites is 1. The van der Waals surface area contributed by atoms with E-state index in [9.17, 15) is 4.79 Å². The molecule has 24 heavy (non-hydrogen) atoms. The maximum Gasteiger partial charge on any atom is 0.329 e. The van der Waals surface area contributed by atoms with Crippen LogP contribution >= 0.6 is 0 Å². The largest absolute Gasteiger partial charge is 0.464 e. The molecule has 130 valence electrons. The number of anilines is 1. The van der Waals surface area contributed by atoms with Crippen molar-refractivity contribution >= 4 is 11.7 Å². The normalized spacial score (nSPS) is 34.8. The van der Waals surface area contributed by atoms with Crippen molar-refractivity contribution in [2.24, 2.45) is 23.2 Å². The Kier molecular flexibility index (Phi) is 4.06. The van der Waals surface area contributed by atoms with Crippen molar-refractivity contribution in [1.29, 1.82) is 0 Å². The molecule has 4 bridgehead atoms. The summed E-state index contributed by atoms with van der Waals surface area (Å²) < 4.78 is 5.56. The van der Waals surface area contributed by atoms with E-state index in [4.69, 9.17) is 4.74 Å². The summed E-state index contributed by atoms with van der Waals surface area (Å²) in [6.45, 7) is 2.38. The van der Waals surface area contributed by atoms with Gasteiger partial charge in [0.05, 0.1) is 6.61 Å². The van der Waals surface area contributed by atoms with Crippen LogP contribution in [0.25, 0.3) is 0 Å². The zero-order valence-corrected chi connectivity index (χ0v) is 14.9. The van der Waals surface area contributed by atoms with E-state index in [0.717, 1.165) is 23.4 Å². The predicted octanol–water partition coefficient (Wildman–Crippen LogP) is 4.27. The highest BCUT2D eigenvalue weighted by Crippen LogP contribution is 2.62. The molecular formula is C21H29NO2. The summed E-state index contributed by atoms with van der Waals surface area (Å²) >= 11 is 0. The molecule has 4 aliphatic rings. The number of rotatable bonds is 5. The van der Waals surface area contributed by atoms with Gasteiger partial charge in [-0.05, 0) is 75.3 Å². The molecule has 4 saturated carbocycles. The van der Waals surface area contributed by atoms with Crippen LogP contribution in [0.3, 0.4) is 0 Å². The molecule has 5 rings (SSSR count). The first-order valence-electron chi connectivity index (χ1n) is 9.56. The van der Waals surface area contributed by atoms with Crippen LogP contribution in [0.2, 0.25) is 0 Å². The number of nitrogens with zero attached hydrogens (tertiary/aromatic N) is 1. The van der Waals surface area contributed by atoms with Gasteiger partial charge in [-0.25, -0.2) is 4.79 Å². The van der Waals surface area contributed by atoms with Gasteiger partial charge in [-0.1, -0.05) is 18.2 Å². The molecule has 1 atom stereocenters. The molecule has 0 aromatic heterocycles. The third kappa shape index (κ3) is 2.62. The van der Waals surface area contributed by atoms with Crippen molar-refractivity contribution in [3.05, 3.63) is 30.3 Å². The zero-order valence-electron chi connectivity index (χ0n) is 14.9. The fourth-order valence-corrected chi connectivity index (χ4v) is 6.36. The Morgan fingerprint density at radius 1 is 1.12 bits per heavy atom. The molecule has 4 aliphatic carbocycles. The fraction of sp³-hybridized carbons (Fsp3) is 0.667. The average molecular weight is 327 g/mol. The third-order valence-electron chi connectivity index (χ3n) is 6.73. The van der Waals surface area contributed by atoms with Gasteiger partial charge in [0.1, 0.15) is 6.04 Å². The number of esters is 1. The smallest absolute Gasteiger partial charge is 0.329 e. The maximum absolute atomic E-state index is 13.0. The minimum absolute atomic E-state index is 0.0224. The summed E-state index contributed by atoms with van der Waals surface area (Å²) in [5, 5.41) is 0. The molecule has 3 nitrogen and oxygen atoms in total.